The van der Waals surface area contributed by atoms with Crippen LogP contribution in [0.15, 0.2) is 35.3 Å². The number of aromatic amines is 1. The minimum Gasteiger partial charge on any atom is -0.339 e. The van der Waals surface area contributed by atoms with Crippen LogP contribution in [0.25, 0.3) is 11.0 Å². The Balaban J connectivity index is 1.28. The van der Waals surface area contributed by atoms with Crippen LogP contribution >= 0.6 is 0 Å². The van der Waals surface area contributed by atoms with Crippen molar-refractivity contribution in [3.63, 3.8) is 0 Å². The van der Waals surface area contributed by atoms with Crippen LogP contribution in [-0.2, 0) is 7.05 Å². The molecule has 1 aliphatic heterocycles. The molecule has 1 N–H and O–H groups in total. The van der Waals surface area contributed by atoms with E-state index in [1.165, 1.54) is 24.6 Å². The van der Waals surface area contributed by atoms with E-state index in [-0.39, 0.29) is 11.5 Å². The highest BCUT2D eigenvalue weighted by atomic mass is 16.2. The van der Waals surface area contributed by atoms with Crippen LogP contribution in [0, 0.1) is 0 Å². The molecule has 8 nitrogen and oxygen atoms in total. The Bertz CT molecular complexity index is 1090. The maximum Gasteiger partial charge on any atom is 0.263 e. The number of aryl methyl sites for hydroxylation is 1. The van der Waals surface area contributed by atoms with Crippen molar-refractivity contribution in [2.75, 3.05) is 31.1 Å². The van der Waals surface area contributed by atoms with E-state index >= 15 is 0 Å². The second-order valence-electron chi connectivity index (χ2n) is 7.57. The summed E-state index contributed by atoms with van der Waals surface area (Å²) in [5.41, 5.74) is 2.44. The molecule has 2 aromatic heterocycles. The van der Waals surface area contributed by atoms with Gasteiger partial charge in [-0.2, -0.15) is 10.1 Å². The van der Waals surface area contributed by atoms with Crippen LogP contribution in [0.3, 0.4) is 0 Å². The predicted molar refractivity (Wildman–Crippen MR) is 106 cm³/mol. The van der Waals surface area contributed by atoms with Crippen LogP contribution in [-0.4, -0.2) is 56.7 Å². The van der Waals surface area contributed by atoms with Crippen molar-refractivity contribution < 1.29 is 4.79 Å². The van der Waals surface area contributed by atoms with E-state index in [0.29, 0.717) is 49.1 Å². The Labute approximate surface area is 161 Å². The van der Waals surface area contributed by atoms with E-state index < -0.39 is 0 Å². The van der Waals surface area contributed by atoms with Crippen LogP contribution in [0.1, 0.15) is 34.7 Å². The van der Waals surface area contributed by atoms with Crippen LogP contribution in [0.4, 0.5) is 5.95 Å². The summed E-state index contributed by atoms with van der Waals surface area (Å²) in [6.45, 7) is 2.43. The van der Waals surface area contributed by atoms with E-state index in [2.05, 4.69) is 27.2 Å². The lowest BCUT2D eigenvalue weighted by Crippen LogP contribution is -2.49. The normalized spacial score (nSPS) is 17.3. The lowest BCUT2D eigenvalue weighted by Gasteiger charge is -2.35. The van der Waals surface area contributed by atoms with Crippen molar-refractivity contribution in [2.24, 2.45) is 7.05 Å². The zero-order valence-corrected chi connectivity index (χ0v) is 15.8. The average molecular weight is 378 g/mol. The summed E-state index contributed by atoms with van der Waals surface area (Å²) in [6.07, 6.45) is 4.04. The standard InChI is InChI=1S/C20H22N6O2/c1-24-17-16(12-21-24)18(27)23-20(22-17)26-10-8-25(9-11-26)19(28)15-6-4-14(5-7-15)13-2-3-13/h4-7,12-13H,2-3,8-11H2,1H3,(H,22,23,27). The van der Waals surface area contributed by atoms with Gasteiger partial charge in [0, 0.05) is 38.8 Å². The van der Waals surface area contributed by atoms with Gasteiger partial charge in [0.2, 0.25) is 5.95 Å². The number of hydrogen-bond acceptors (Lipinski definition) is 5. The molecule has 2 fully saturated rings. The number of anilines is 1. The van der Waals surface area contributed by atoms with Crippen LogP contribution in [0.5, 0.6) is 0 Å². The van der Waals surface area contributed by atoms with Crippen LogP contribution in [0.2, 0.25) is 0 Å². The number of nitrogens with one attached hydrogen (secondary N) is 1. The summed E-state index contributed by atoms with van der Waals surface area (Å²) in [4.78, 5) is 36.3. The van der Waals surface area contributed by atoms with Gasteiger partial charge in [-0.05, 0) is 36.5 Å². The SMILES string of the molecule is Cn1ncc2c(=O)[nH]c(N3CCN(C(=O)c4ccc(C5CC5)cc4)CC3)nc21. The van der Waals surface area contributed by atoms with Gasteiger partial charge >= 0.3 is 0 Å². The van der Waals surface area contributed by atoms with Gasteiger partial charge in [-0.3, -0.25) is 19.3 Å². The Morgan fingerprint density at radius 2 is 1.82 bits per heavy atom. The fourth-order valence-electron chi connectivity index (χ4n) is 3.79. The van der Waals surface area contributed by atoms with Crippen LogP contribution < -0.4 is 10.5 Å². The molecule has 28 heavy (non-hydrogen) atoms. The van der Waals surface area contributed by atoms with Crippen molar-refractivity contribution in [1.82, 2.24) is 24.6 Å². The molecular formula is C20H22N6O2. The highest BCUT2D eigenvalue weighted by Crippen LogP contribution is 2.39. The minimum absolute atomic E-state index is 0.0607. The fourth-order valence-corrected chi connectivity index (χ4v) is 3.79. The van der Waals surface area contributed by atoms with Crippen molar-refractivity contribution in [2.45, 2.75) is 18.8 Å². The lowest BCUT2D eigenvalue weighted by molar-refractivity contribution is 0.0746. The van der Waals surface area contributed by atoms with Crippen molar-refractivity contribution in [3.05, 3.63) is 51.9 Å². The molecule has 1 saturated heterocycles. The molecule has 2 aliphatic rings. The number of H-pyrrole nitrogens is 1. The fraction of sp³-hybridized carbons (Fsp3) is 0.400. The first kappa shape index (κ1) is 17.0. The summed E-state index contributed by atoms with van der Waals surface area (Å²) < 4.78 is 1.60. The molecule has 8 heteroatoms. The first-order valence-corrected chi connectivity index (χ1v) is 9.66. The van der Waals surface area contributed by atoms with Gasteiger partial charge in [-0.15, -0.1) is 0 Å². The molecule has 1 amide bonds. The van der Waals surface area contributed by atoms with E-state index in [9.17, 15) is 9.59 Å². The third kappa shape index (κ3) is 2.94. The Morgan fingerprint density at radius 1 is 1.11 bits per heavy atom. The molecule has 5 rings (SSSR count). The number of carbonyl (C=O) groups is 1. The Hall–Kier alpha value is -3.16. The third-order valence-electron chi connectivity index (χ3n) is 5.66. The summed E-state index contributed by atoms with van der Waals surface area (Å²) in [5, 5.41) is 4.58. The predicted octanol–water partition coefficient (Wildman–Crippen LogP) is 1.50. The monoisotopic (exact) mass is 378 g/mol. The summed E-state index contributed by atoms with van der Waals surface area (Å²) >= 11 is 0. The molecular weight excluding hydrogens is 356 g/mol. The van der Waals surface area contributed by atoms with E-state index in [4.69, 9.17) is 0 Å². The number of benzene rings is 1. The number of piperazine rings is 1. The topological polar surface area (TPSA) is 87.1 Å². The number of fused-ring (bicyclic) bond motifs is 1. The molecule has 0 radical (unpaired) electrons. The zero-order chi connectivity index (χ0) is 19.3. The number of rotatable bonds is 3. The van der Waals surface area contributed by atoms with E-state index in [1.807, 2.05) is 21.9 Å². The van der Waals surface area contributed by atoms with Gasteiger partial charge in [0.15, 0.2) is 5.65 Å². The molecule has 0 bridgehead atoms. The first-order valence-electron chi connectivity index (χ1n) is 9.66. The highest BCUT2D eigenvalue weighted by molar-refractivity contribution is 5.94. The van der Waals surface area contributed by atoms with Gasteiger partial charge in [-0.25, -0.2) is 0 Å². The maximum atomic E-state index is 12.8. The minimum atomic E-state index is -0.192. The molecule has 3 aromatic rings. The average Bonchev–Trinajstić information content (AvgIpc) is 3.51. The Kier molecular flexibility index (Phi) is 3.92. The van der Waals surface area contributed by atoms with Gasteiger partial charge in [0.1, 0.15) is 5.39 Å². The Morgan fingerprint density at radius 3 is 2.50 bits per heavy atom. The molecule has 1 saturated carbocycles. The van der Waals surface area contributed by atoms with Crippen molar-refractivity contribution in [3.8, 4) is 0 Å². The smallest absolute Gasteiger partial charge is 0.263 e. The van der Waals surface area contributed by atoms with E-state index in [0.717, 1.165) is 5.56 Å². The largest absolute Gasteiger partial charge is 0.339 e. The molecule has 0 spiro atoms. The summed E-state index contributed by atoms with van der Waals surface area (Å²) in [6, 6.07) is 8.05. The lowest BCUT2D eigenvalue weighted by atomic mass is 10.1. The molecule has 1 aliphatic carbocycles. The molecule has 144 valence electrons. The van der Waals surface area contributed by atoms with Crippen molar-refractivity contribution >= 4 is 22.9 Å². The number of hydrogen-bond donors (Lipinski definition) is 1. The number of aromatic nitrogens is 4. The van der Waals surface area contributed by atoms with Gasteiger partial charge in [0.05, 0.1) is 6.20 Å². The molecule has 3 heterocycles. The van der Waals surface area contributed by atoms with Gasteiger partial charge < -0.3 is 9.80 Å². The third-order valence-corrected chi connectivity index (χ3v) is 5.66. The summed E-state index contributed by atoms with van der Waals surface area (Å²) in [5.74, 6) is 1.28. The molecule has 1 aromatic carbocycles. The second kappa shape index (κ2) is 6.47. The van der Waals surface area contributed by atoms with Crippen molar-refractivity contribution in [1.29, 1.82) is 0 Å². The summed E-state index contributed by atoms with van der Waals surface area (Å²) in [7, 11) is 1.77. The number of carbonyl (C=O) groups excluding carboxylic acids is 1. The van der Waals surface area contributed by atoms with Gasteiger partial charge in [0.25, 0.3) is 11.5 Å². The second-order valence-corrected chi connectivity index (χ2v) is 7.57. The molecule has 0 atom stereocenters. The highest BCUT2D eigenvalue weighted by Gasteiger charge is 2.26. The maximum absolute atomic E-state index is 12.8. The van der Waals surface area contributed by atoms with Gasteiger partial charge in [-0.1, -0.05) is 12.1 Å². The molecule has 0 unspecified atom stereocenters. The van der Waals surface area contributed by atoms with E-state index in [1.54, 1.807) is 11.7 Å². The number of nitrogens with zero attached hydrogens (tertiary/aromatic N) is 5. The number of amides is 1. The zero-order valence-electron chi connectivity index (χ0n) is 15.8. The first-order chi connectivity index (χ1) is 13.6. The quantitative estimate of drug-likeness (QED) is 0.746.